The molecule has 1 heterocycles. The Morgan fingerprint density at radius 3 is 2.53 bits per heavy atom. The van der Waals surface area contributed by atoms with Gasteiger partial charge in [0.05, 0.1) is 0 Å². The molecule has 2 atom stereocenters. The number of rotatable bonds is 3. The van der Waals surface area contributed by atoms with Gasteiger partial charge >= 0.3 is 0 Å². The molecule has 108 valence electrons. The van der Waals surface area contributed by atoms with Crippen molar-refractivity contribution in [2.45, 2.75) is 32.4 Å². The fourth-order valence-electron chi connectivity index (χ4n) is 2.64. The van der Waals surface area contributed by atoms with Gasteiger partial charge in [0, 0.05) is 24.7 Å². The predicted molar refractivity (Wildman–Crippen MR) is 75.3 cm³/mol. The summed E-state index contributed by atoms with van der Waals surface area (Å²) in [6, 6.07) is 4.24. The van der Waals surface area contributed by atoms with Crippen LogP contribution >= 0.6 is 12.4 Å². The van der Waals surface area contributed by atoms with Crippen molar-refractivity contribution in [1.29, 1.82) is 0 Å². The van der Waals surface area contributed by atoms with Crippen LogP contribution in [0.1, 0.15) is 25.3 Å². The largest absolute Gasteiger partial charge is 0.329 e. The first-order chi connectivity index (χ1) is 8.61. The molecule has 1 fully saturated rings. The number of nitrogens with two attached hydrogens (primary N) is 1. The Kier molecular flexibility index (Phi) is 6.17. The maximum absolute atomic E-state index is 13.6. The third-order valence-electron chi connectivity index (χ3n) is 3.79. The lowest BCUT2D eigenvalue weighted by Gasteiger charge is -2.38. The zero-order valence-electron chi connectivity index (χ0n) is 11.1. The predicted octanol–water partition coefficient (Wildman–Crippen LogP) is 2.95. The monoisotopic (exact) mass is 290 g/mol. The van der Waals surface area contributed by atoms with Crippen molar-refractivity contribution in [1.82, 2.24) is 4.90 Å². The fraction of sp³-hybridized carbons (Fsp3) is 0.571. The van der Waals surface area contributed by atoms with Crippen LogP contribution in [0.15, 0.2) is 18.2 Å². The lowest BCUT2D eigenvalue weighted by atomic mass is 9.92. The number of halogens is 3. The van der Waals surface area contributed by atoms with Gasteiger partial charge in [0.25, 0.3) is 0 Å². The maximum Gasteiger partial charge on any atom is 0.130 e. The van der Waals surface area contributed by atoms with Crippen LogP contribution in [0, 0.1) is 17.6 Å². The molecule has 0 saturated carbocycles. The molecule has 2 nitrogen and oxygen atoms in total. The van der Waals surface area contributed by atoms with Crippen LogP contribution in [-0.2, 0) is 6.54 Å². The van der Waals surface area contributed by atoms with Gasteiger partial charge in [-0.05, 0) is 37.4 Å². The molecule has 0 radical (unpaired) electrons. The minimum Gasteiger partial charge on any atom is -0.329 e. The van der Waals surface area contributed by atoms with Gasteiger partial charge in [-0.25, -0.2) is 8.78 Å². The minimum absolute atomic E-state index is 0. The molecule has 0 aromatic heterocycles. The Morgan fingerprint density at radius 2 is 1.95 bits per heavy atom. The normalized spacial score (nSPS) is 24.0. The lowest BCUT2D eigenvalue weighted by molar-refractivity contribution is 0.112. The highest BCUT2D eigenvalue weighted by atomic mass is 35.5. The summed E-state index contributed by atoms with van der Waals surface area (Å²) in [5, 5.41) is 0. The lowest BCUT2D eigenvalue weighted by Crippen LogP contribution is -2.45. The summed E-state index contributed by atoms with van der Waals surface area (Å²) in [6.45, 7) is 3.91. The van der Waals surface area contributed by atoms with Crippen molar-refractivity contribution < 1.29 is 8.78 Å². The molecule has 2 N–H and O–H groups in total. The molecule has 2 unspecified atom stereocenters. The smallest absolute Gasteiger partial charge is 0.130 e. The highest BCUT2D eigenvalue weighted by molar-refractivity contribution is 5.85. The highest BCUT2D eigenvalue weighted by Gasteiger charge is 2.26. The van der Waals surface area contributed by atoms with Gasteiger partial charge in [-0.1, -0.05) is 13.0 Å². The third kappa shape index (κ3) is 3.88. The topological polar surface area (TPSA) is 29.3 Å². The Labute approximate surface area is 119 Å². The van der Waals surface area contributed by atoms with Gasteiger partial charge in [0.1, 0.15) is 11.6 Å². The van der Waals surface area contributed by atoms with E-state index >= 15 is 0 Å². The first kappa shape index (κ1) is 16.3. The van der Waals surface area contributed by atoms with Gasteiger partial charge in [-0.2, -0.15) is 0 Å². The number of benzene rings is 1. The molecule has 0 amide bonds. The number of hydrogen-bond acceptors (Lipinski definition) is 2. The maximum atomic E-state index is 13.6. The second-order valence-electron chi connectivity index (χ2n) is 5.19. The van der Waals surface area contributed by atoms with Crippen LogP contribution in [-0.4, -0.2) is 24.0 Å². The molecule has 1 saturated heterocycles. The minimum atomic E-state index is -0.468. The summed E-state index contributed by atoms with van der Waals surface area (Å²) in [7, 11) is 0. The molecule has 1 aliphatic heterocycles. The highest BCUT2D eigenvalue weighted by Crippen LogP contribution is 2.25. The molecule has 0 spiro atoms. The standard InChI is InChI=1S/C14H20F2N2.ClH/c1-10-5-6-18(11(7-10)8-17)9-12-13(15)3-2-4-14(12)16;/h2-4,10-11H,5-9,17H2,1H3;1H. The molecular weight excluding hydrogens is 270 g/mol. The zero-order valence-corrected chi connectivity index (χ0v) is 11.9. The summed E-state index contributed by atoms with van der Waals surface area (Å²) in [5.41, 5.74) is 5.91. The fourth-order valence-corrected chi connectivity index (χ4v) is 2.64. The number of nitrogens with zero attached hydrogens (tertiary/aromatic N) is 1. The Hall–Kier alpha value is -0.710. The Bertz CT molecular complexity index is 394. The van der Waals surface area contributed by atoms with Crippen LogP contribution < -0.4 is 5.73 Å². The van der Waals surface area contributed by atoms with Crippen molar-refractivity contribution in [2.24, 2.45) is 11.7 Å². The van der Waals surface area contributed by atoms with Crippen molar-refractivity contribution in [3.8, 4) is 0 Å². The van der Waals surface area contributed by atoms with Crippen molar-refractivity contribution in [3.63, 3.8) is 0 Å². The van der Waals surface area contributed by atoms with Gasteiger partial charge in [-0.3, -0.25) is 4.90 Å². The third-order valence-corrected chi connectivity index (χ3v) is 3.79. The Balaban J connectivity index is 0.00000180. The second kappa shape index (κ2) is 7.17. The van der Waals surface area contributed by atoms with Crippen LogP contribution in [0.3, 0.4) is 0 Å². The molecule has 1 aromatic carbocycles. The summed E-state index contributed by atoms with van der Waals surface area (Å²) in [5.74, 6) is -0.297. The molecule has 0 aliphatic carbocycles. The zero-order chi connectivity index (χ0) is 13.1. The first-order valence-electron chi connectivity index (χ1n) is 6.48. The van der Waals surface area contributed by atoms with Gasteiger partial charge in [0.15, 0.2) is 0 Å². The molecule has 19 heavy (non-hydrogen) atoms. The van der Waals surface area contributed by atoms with E-state index < -0.39 is 11.6 Å². The van der Waals surface area contributed by atoms with Crippen molar-refractivity contribution in [3.05, 3.63) is 35.4 Å². The van der Waals surface area contributed by atoms with Crippen LogP contribution in [0.2, 0.25) is 0 Å². The molecule has 2 rings (SSSR count). The van der Waals surface area contributed by atoms with E-state index in [1.165, 1.54) is 18.2 Å². The van der Waals surface area contributed by atoms with Crippen LogP contribution in [0.4, 0.5) is 8.78 Å². The Morgan fingerprint density at radius 1 is 1.32 bits per heavy atom. The second-order valence-corrected chi connectivity index (χ2v) is 5.19. The SMILES string of the molecule is CC1CCN(Cc2c(F)cccc2F)C(CN)C1.Cl. The van der Waals surface area contributed by atoms with E-state index in [-0.39, 0.29) is 24.0 Å². The van der Waals surface area contributed by atoms with Crippen molar-refractivity contribution >= 4 is 12.4 Å². The van der Waals surface area contributed by atoms with Crippen LogP contribution in [0.5, 0.6) is 0 Å². The summed E-state index contributed by atoms with van der Waals surface area (Å²) >= 11 is 0. The van der Waals surface area contributed by atoms with Gasteiger partial charge in [0.2, 0.25) is 0 Å². The summed E-state index contributed by atoms with van der Waals surface area (Å²) in [4.78, 5) is 2.10. The first-order valence-corrected chi connectivity index (χ1v) is 6.48. The van der Waals surface area contributed by atoms with E-state index in [1.54, 1.807) is 0 Å². The van der Waals surface area contributed by atoms with E-state index in [2.05, 4.69) is 11.8 Å². The average Bonchev–Trinajstić information content (AvgIpc) is 2.35. The molecule has 1 aliphatic rings. The van der Waals surface area contributed by atoms with E-state index in [0.717, 1.165) is 19.4 Å². The molecule has 0 bridgehead atoms. The van der Waals surface area contributed by atoms with Gasteiger partial charge in [-0.15, -0.1) is 12.4 Å². The average molecular weight is 291 g/mol. The van der Waals surface area contributed by atoms with E-state index in [0.29, 0.717) is 19.0 Å². The van der Waals surface area contributed by atoms with E-state index in [1.807, 2.05) is 0 Å². The summed E-state index contributed by atoms with van der Waals surface area (Å²) in [6.07, 6.45) is 2.07. The van der Waals surface area contributed by atoms with Gasteiger partial charge < -0.3 is 5.73 Å². The summed E-state index contributed by atoms with van der Waals surface area (Å²) < 4.78 is 27.2. The van der Waals surface area contributed by atoms with Crippen molar-refractivity contribution in [2.75, 3.05) is 13.1 Å². The number of hydrogen-bond donors (Lipinski definition) is 1. The number of piperidine rings is 1. The van der Waals surface area contributed by atoms with E-state index in [9.17, 15) is 8.78 Å². The molecule has 5 heteroatoms. The quantitative estimate of drug-likeness (QED) is 0.927. The van der Waals surface area contributed by atoms with E-state index in [4.69, 9.17) is 5.73 Å². The number of likely N-dealkylation sites (tertiary alicyclic amines) is 1. The molecule has 1 aromatic rings. The molecular formula is C14H21ClF2N2. The van der Waals surface area contributed by atoms with Crippen LogP contribution in [0.25, 0.3) is 0 Å².